The lowest BCUT2D eigenvalue weighted by Gasteiger charge is -2.30. The van der Waals surface area contributed by atoms with Gasteiger partial charge in [-0.2, -0.15) is 4.68 Å². The molecule has 1 unspecified atom stereocenters. The second kappa shape index (κ2) is 14.7. The lowest BCUT2D eigenvalue weighted by atomic mass is 9.93. The van der Waals surface area contributed by atoms with Crippen molar-refractivity contribution in [3.8, 4) is 0 Å². The quantitative estimate of drug-likeness (QED) is 0.233. The topological polar surface area (TPSA) is 126 Å². The summed E-state index contributed by atoms with van der Waals surface area (Å²) >= 11 is 0. The van der Waals surface area contributed by atoms with E-state index in [9.17, 15) is 18.8 Å². The number of allylic oxidation sites excluding steroid dienone is 3. The van der Waals surface area contributed by atoms with E-state index in [1.165, 1.54) is 32.6 Å². The second-order valence-corrected chi connectivity index (χ2v) is 11.2. The van der Waals surface area contributed by atoms with Gasteiger partial charge in [-0.25, -0.2) is 24.1 Å². The molecule has 13 nitrogen and oxygen atoms in total. The molecule has 3 aliphatic rings. The highest BCUT2D eigenvalue weighted by atomic mass is 19.1. The van der Waals surface area contributed by atoms with Gasteiger partial charge in [-0.05, 0) is 39.7 Å². The zero-order valence-corrected chi connectivity index (χ0v) is 26.2. The van der Waals surface area contributed by atoms with E-state index < -0.39 is 17.3 Å². The average molecular weight is 620 g/mol. The molecule has 14 heteroatoms. The number of hydrogen-bond acceptors (Lipinski definition) is 9. The Balaban J connectivity index is 1.92. The number of carbonyl (C=O) groups excluding carboxylic acids is 1. The fourth-order valence-electron chi connectivity index (χ4n) is 5.10. The van der Waals surface area contributed by atoms with Crippen LogP contribution in [0.3, 0.4) is 0 Å². The summed E-state index contributed by atoms with van der Waals surface area (Å²) < 4.78 is 34.2. The van der Waals surface area contributed by atoms with Gasteiger partial charge in [0.25, 0.3) is 5.56 Å². The number of carbonyl (C=O) groups is 1. The van der Waals surface area contributed by atoms with Crippen molar-refractivity contribution >= 4 is 17.9 Å². The van der Waals surface area contributed by atoms with Gasteiger partial charge >= 0.3 is 11.7 Å². The third kappa shape index (κ3) is 7.59. The molecule has 4 rings (SSSR count). The maximum absolute atomic E-state index is 14.8. The molecule has 44 heavy (non-hydrogen) atoms. The van der Waals surface area contributed by atoms with E-state index in [2.05, 4.69) is 5.16 Å². The Hall–Kier alpha value is -3.91. The average Bonchev–Trinajstić information content (AvgIpc) is 3.01. The molecular formula is C30H42FN5O8. The summed E-state index contributed by atoms with van der Waals surface area (Å²) in [7, 11) is 2.81. The van der Waals surface area contributed by atoms with Gasteiger partial charge in [0.2, 0.25) is 0 Å². The summed E-state index contributed by atoms with van der Waals surface area (Å²) in [6, 6.07) is -0.696. The molecule has 2 amide bonds. The number of oxime groups is 1. The first-order chi connectivity index (χ1) is 21.0. The third-order valence-electron chi connectivity index (χ3n) is 7.39. The minimum absolute atomic E-state index is 0.00851. The van der Waals surface area contributed by atoms with Gasteiger partial charge < -0.3 is 19.0 Å². The standard InChI is InChI=1S/C30H42FN5O8/c1-19(2)44-32-21(4)25-17-34(30(39)36(28(25)37)33(5)29(38)35-11-7-8-12-42-35)18-26(43-23-9-13-41-14-10-23)24-16-22(31)15-20(3)27(24)40-6/h16-20,23H,7-15H2,1-6H3/b26-18-,32-21+. The Morgan fingerprint density at radius 1 is 1.20 bits per heavy atom. The molecule has 0 aromatic carbocycles. The molecule has 2 aliphatic heterocycles. The zero-order valence-electron chi connectivity index (χ0n) is 26.2. The summed E-state index contributed by atoms with van der Waals surface area (Å²) in [4.78, 5) is 51.9. The summed E-state index contributed by atoms with van der Waals surface area (Å²) in [5.74, 6) is -0.00812. The monoisotopic (exact) mass is 619 g/mol. The van der Waals surface area contributed by atoms with Crippen LogP contribution in [0, 0.1) is 5.92 Å². The molecule has 3 heterocycles. The maximum atomic E-state index is 14.8. The smallest absolute Gasteiger partial charge is 0.362 e. The molecule has 1 atom stereocenters. The van der Waals surface area contributed by atoms with Crippen LogP contribution in [-0.4, -0.2) is 78.8 Å². The summed E-state index contributed by atoms with van der Waals surface area (Å²) in [5, 5.41) is 6.09. The summed E-state index contributed by atoms with van der Waals surface area (Å²) in [6.07, 6.45) is 6.28. The second-order valence-electron chi connectivity index (χ2n) is 11.2. The zero-order chi connectivity index (χ0) is 32.0. The molecule has 1 aliphatic carbocycles. The molecule has 0 saturated carbocycles. The Bertz CT molecular complexity index is 1450. The van der Waals surface area contributed by atoms with Crippen molar-refractivity contribution in [2.75, 3.05) is 45.5 Å². The number of rotatable bonds is 9. The molecule has 0 radical (unpaired) electrons. The number of ether oxygens (including phenoxy) is 3. The van der Waals surface area contributed by atoms with E-state index in [0.717, 1.165) is 21.1 Å². The third-order valence-corrected chi connectivity index (χ3v) is 7.39. The van der Waals surface area contributed by atoms with Crippen molar-refractivity contribution in [2.45, 2.75) is 72.0 Å². The molecule has 2 fully saturated rings. The van der Waals surface area contributed by atoms with E-state index in [1.807, 2.05) is 6.92 Å². The largest absolute Gasteiger partial charge is 0.500 e. The molecule has 2 saturated heterocycles. The van der Waals surface area contributed by atoms with E-state index in [4.69, 9.17) is 23.9 Å². The fraction of sp³-hybridized carbons (Fsp3) is 0.600. The summed E-state index contributed by atoms with van der Waals surface area (Å²) in [5.41, 5.74) is -1.16. The first-order valence-corrected chi connectivity index (χ1v) is 14.9. The maximum Gasteiger partial charge on any atom is 0.362 e. The Kier molecular flexibility index (Phi) is 11.0. The van der Waals surface area contributed by atoms with Gasteiger partial charge in [-0.3, -0.25) is 14.2 Å². The predicted molar refractivity (Wildman–Crippen MR) is 161 cm³/mol. The van der Waals surface area contributed by atoms with Crippen LogP contribution >= 0.6 is 0 Å². The van der Waals surface area contributed by atoms with Gasteiger partial charge in [0.15, 0.2) is 0 Å². The number of nitrogens with zero attached hydrogens (tertiary/aromatic N) is 5. The van der Waals surface area contributed by atoms with Gasteiger partial charge in [-0.1, -0.05) is 12.1 Å². The van der Waals surface area contributed by atoms with Crippen LogP contribution in [0.1, 0.15) is 65.4 Å². The highest BCUT2D eigenvalue weighted by Gasteiger charge is 2.29. The minimum Gasteiger partial charge on any atom is -0.500 e. The van der Waals surface area contributed by atoms with Crippen molar-refractivity contribution in [3.63, 3.8) is 0 Å². The van der Waals surface area contributed by atoms with E-state index in [-0.39, 0.29) is 47.4 Å². The number of amides is 2. The van der Waals surface area contributed by atoms with Crippen LogP contribution in [0.15, 0.2) is 49.9 Å². The first-order valence-electron chi connectivity index (χ1n) is 14.9. The van der Waals surface area contributed by atoms with Gasteiger partial charge in [0.05, 0.1) is 56.5 Å². The molecular weight excluding hydrogens is 577 g/mol. The Morgan fingerprint density at radius 3 is 2.57 bits per heavy atom. The molecule has 0 bridgehead atoms. The van der Waals surface area contributed by atoms with Crippen LogP contribution in [0.5, 0.6) is 0 Å². The highest BCUT2D eigenvalue weighted by Crippen LogP contribution is 2.35. The van der Waals surface area contributed by atoms with Crippen LogP contribution in [0.2, 0.25) is 0 Å². The van der Waals surface area contributed by atoms with Crippen molar-refractivity contribution in [1.29, 1.82) is 0 Å². The van der Waals surface area contributed by atoms with Crippen LogP contribution < -0.4 is 16.3 Å². The Morgan fingerprint density at radius 2 is 1.93 bits per heavy atom. The van der Waals surface area contributed by atoms with E-state index >= 15 is 0 Å². The van der Waals surface area contributed by atoms with Gasteiger partial charge in [-0.15, -0.1) is 0 Å². The summed E-state index contributed by atoms with van der Waals surface area (Å²) in [6.45, 7) is 8.57. The van der Waals surface area contributed by atoms with Crippen LogP contribution in [0.25, 0.3) is 6.20 Å². The molecule has 242 valence electrons. The van der Waals surface area contributed by atoms with E-state index in [1.54, 1.807) is 20.8 Å². The molecule has 0 spiro atoms. The van der Waals surface area contributed by atoms with Crippen molar-refractivity contribution in [1.82, 2.24) is 14.3 Å². The highest BCUT2D eigenvalue weighted by molar-refractivity contribution is 5.98. The van der Waals surface area contributed by atoms with Gasteiger partial charge in [0.1, 0.15) is 29.6 Å². The molecule has 1 aromatic rings. The first kappa shape index (κ1) is 33.0. The van der Waals surface area contributed by atoms with Crippen molar-refractivity contribution in [3.05, 3.63) is 61.6 Å². The lowest BCUT2D eigenvalue weighted by molar-refractivity contribution is -0.138. The number of halogens is 1. The molecule has 0 N–H and O–H groups in total. The van der Waals surface area contributed by atoms with Crippen LogP contribution in [-0.2, 0) is 23.9 Å². The number of aromatic nitrogens is 2. The fourth-order valence-corrected chi connectivity index (χ4v) is 5.10. The van der Waals surface area contributed by atoms with Crippen molar-refractivity contribution < 1.29 is 33.1 Å². The normalized spacial score (nSPS) is 20.5. The lowest BCUT2D eigenvalue weighted by Crippen LogP contribution is -2.57. The minimum atomic E-state index is -0.870. The number of methoxy groups -OCH3 is 1. The van der Waals surface area contributed by atoms with Crippen LogP contribution in [0.4, 0.5) is 9.18 Å². The van der Waals surface area contributed by atoms with Crippen molar-refractivity contribution in [2.24, 2.45) is 11.1 Å². The number of hydroxylamine groups is 2. The number of hydrogen-bond donors (Lipinski definition) is 0. The molecule has 1 aromatic heterocycles. The van der Waals surface area contributed by atoms with E-state index in [0.29, 0.717) is 61.6 Å². The predicted octanol–water partition coefficient (Wildman–Crippen LogP) is 3.66. The SMILES string of the molecule is COC1=C(/C(=C/n2cc(/C(C)=N/OC(C)C)c(=O)n(N(C)C(=O)N3CCCCO3)c2=O)OC2CCOCC2)C=C(F)CC1C. The number of urea groups is 1. The Labute approximate surface area is 255 Å². The van der Waals surface area contributed by atoms with Gasteiger partial charge in [0, 0.05) is 38.4 Å².